The molecule has 0 bridgehead atoms. The summed E-state index contributed by atoms with van der Waals surface area (Å²) in [5, 5.41) is 17.2. The van der Waals surface area contributed by atoms with Gasteiger partial charge in [0.25, 0.3) is 0 Å². The molecule has 0 saturated heterocycles. The van der Waals surface area contributed by atoms with Gasteiger partial charge in [0.1, 0.15) is 0 Å². The van der Waals surface area contributed by atoms with Gasteiger partial charge in [-0.25, -0.2) is 9.97 Å². The molecule has 3 aromatic heterocycles. The van der Waals surface area contributed by atoms with E-state index in [2.05, 4.69) is 34.5 Å². The third-order valence-electron chi connectivity index (χ3n) is 4.62. The fourth-order valence-electron chi connectivity index (χ4n) is 3.04. The van der Waals surface area contributed by atoms with Gasteiger partial charge in [0, 0.05) is 0 Å². The Morgan fingerprint density at radius 1 is 0.714 bits per heavy atom. The summed E-state index contributed by atoms with van der Waals surface area (Å²) in [5.74, 6) is 1.20. The first-order valence-corrected chi connectivity index (χ1v) is 9.88. The number of nitrogens with zero attached hydrogens (tertiary/aromatic N) is 8. The number of aromatic nitrogens is 8. The lowest BCUT2D eigenvalue weighted by Gasteiger charge is -2.08. The van der Waals surface area contributed by atoms with Crippen LogP contribution in [-0.2, 0) is 12.8 Å². The Balaban J connectivity index is 1.78. The number of para-hydroxylation sites is 2. The Morgan fingerprint density at radius 2 is 1.18 bits per heavy atom. The molecule has 0 spiro atoms. The van der Waals surface area contributed by atoms with Gasteiger partial charge in [-0.2, -0.15) is 9.36 Å². The van der Waals surface area contributed by atoms with Crippen molar-refractivity contribution in [1.82, 2.24) is 40.0 Å². The molecule has 0 N–H and O–H groups in total. The summed E-state index contributed by atoms with van der Waals surface area (Å²) in [6.07, 6.45) is 10.0. The van der Waals surface area contributed by atoms with Crippen LogP contribution in [0.5, 0.6) is 0 Å². The van der Waals surface area contributed by atoms with Gasteiger partial charge in [0.05, 0.1) is 34.8 Å². The first kappa shape index (κ1) is 18.2. The van der Waals surface area contributed by atoms with Crippen LogP contribution in [0.25, 0.3) is 22.7 Å². The fourth-order valence-corrected chi connectivity index (χ4v) is 3.04. The largest absolute Gasteiger partial charge is 0.223 e. The minimum atomic E-state index is 0.598. The SMILES string of the molecule is CCCCc1cn(-c2nc3ccccc3nc2-n2cc(CCCC)nn2)nn1. The van der Waals surface area contributed by atoms with Gasteiger partial charge in [-0.1, -0.05) is 49.2 Å². The highest BCUT2D eigenvalue weighted by atomic mass is 15.5. The molecule has 0 radical (unpaired) electrons. The molecule has 0 aliphatic carbocycles. The first-order valence-electron chi connectivity index (χ1n) is 9.88. The Bertz CT molecular complexity index is 980. The van der Waals surface area contributed by atoms with Crippen LogP contribution in [0.4, 0.5) is 0 Å². The second-order valence-electron chi connectivity index (χ2n) is 6.88. The highest BCUT2D eigenvalue weighted by Crippen LogP contribution is 2.19. The summed E-state index contributed by atoms with van der Waals surface area (Å²) in [5.41, 5.74) is 3.51. The van der Waals surface area contributed by atoms with Crippen LogP contribution < -0.4 is 0 Å². The van der Waals surface area contributed by atoms with Crippen molar-refractivity contribution in [2.45, 2.75) is 52.4 Å². The van der Waals surface area contributed by atoms with Gasteiger partial charge in [-0.3, -0.25) is 0 Å². The number of rotatable bonds is 8. The Labute approximate surface area is 163 Å². The minimum Gasteiger partial charge on any atom is -0.223 e. The second-order valence-corrected chi connectivity index (χ2v) is 6.88. The van der Waals surface area contributed by atoms with E-state index in [1.54, 1.807) is 9.36 Å². The predicted octanol–water partition coefficient (Wildman–Crippen LogP) is 3.48. The summed E-state index contributed by atoms with van der Waals surface area (Å²) >= 11 is 0. The van der Waals surface area contributed by atoms with E-state index in [0.29, 0.717) is 11.6 Å². The standard InChI is InChI=1S/C20H24N8/c1-3-5-9-15-13-27(25-23-15)19-20(22-18-12-8-7-11-17(18)21-19)28-14-16(24-26-28)10-6-4-2/h7-8,11-14H,3-6,9-10H2,1-2H3. The fraction of sp³-hybridized carbons (Fsp3) is 0.400. The van der Waals surface area contributed by atoms with E-state index in [4.69, 9.17) is 9.97 Å². The molecule has 0 aliphatic rings. The zero-order chi connectivity index (χ0) is 19.3. The Kier molecular flexibility index (Phi) is 5.36. The predicted molar refractivity (Wildman–Crippen MR) is 107 cm³/mol. The second kappa shape index (κ2) is 8.24. The molecular formula is C20H24N8. The van der Waals surface area contributed by atoms with Crippen LogP contribution >= 0.6 is 0 Å². The third kappa shape index (κ3) is 3.76. The third-order valence-corrected chi connectivity index (χ3v) is 4.62. The van der Waals surface area contributed by atoms with Crippen molar-refractivity contribution in [3.8, 4) is 11.6 Å². The molecule has 1 aromatic carbocycles. The van der Waals surface area contributed by atoms with Crippen molar-refractivity contribution in [2.75, 3.05) is 0 Å². The molecule has 0 aliphatic heterocycles. The maximum atomic E-state index is 4.80. The van der Waals surface area contributed by atoms with Crippen LogP contribution in [0.15, 0.2) is 36.7 Å². The molecule has 8 nitrogen and oxygen atoms in total. The molecular weight excluding hydrogens is 352 g/mol. The average Bonchev–Trinajstić information content (AvgIpc) is 3.39. The summed E-state index contributed by atoms with van der Waals surface area (Å²) in [7, 11) is 0. The molecule has 0 unspecified atom stereocenters. The molecule has 28 heavy (non-hydrogen) atoms. The molecule has 4 aromatic rings. The van der Waals surface area contributed by atoms with Crippen molar-refractivity contribution in [1.29, 1.82) is 0 Å². The van der Waals surface area contributed by atoms with E-state index < -0.39 is 0 Å². The number of aryl methyl sites for hydroxylation is 2. The summed E-state index contributed by atoms with van der Waals surface area (Å²) < 4.78 is 3.38. The molecule has 0 saturated carbocycles. The number of unbranched alkanes of at least 4 members (excludes halogenated alkanes) is 2. The van der Waals surface area contributed by atoms with Gasteiger partial charge in [-0.15, -0.1) is 10.2 Å². The first-order chi connectivity index (χ1) is 13.8. The Morgan fingerprint density at radius 3 is 1.61 bits per heavy atom. The highest BCUT2D eigenvalue weighted by molar-refractivity contribution is 5.76. The molecule has 0 atom stereocenters. The van der Waals surface area contributed by atoms with E-state index >= 15 is 0 Å². The van der Waals surface area contributed by atoms with E-state index in [1.165, 1.54) is 0 Å². The zero-order valence-electron chi connectivity index (χ0n) is 16.3. The smallest absolute Gasteiger partial charge is 0.201 e. The van der Waals surface area contributed by atoms with Crippen molar-refractivity contribution >= 4 is 11.0 Å². The van der Waals surface area contributed by atoms with Crippen LogP contribution in [0.1, 0.15) is 50.9 Å². The molecule has 0 amide bonds. The van der Waals surface area contributed by atoms with Crippen LogP contribution in [-0.4, -0.2) is 40.0 Å². The van der Waals surface area contributed by atoms with Crippen molar-refractivity contribution < 1.29 is 0 Å². The Hall–Kier alpha value is -3.16. The van der Waals surface area contributed by atoms with Gasteiger partial charge >= 0.3 is 0 Å². The van der Waals surface area contributed by atoms with E-state index in [-0.39, 0.29) is 0 Å². The number of benzene rings is 1. The van der Waals surface area contributed by atoms with Crippen LogP contribution in [0, 0.1) is 0 Å². The van der Waals surface area contributed by atoms with Gasteiger partial charge in [-0.05, 0) is 37.8 Å². The quantitative estimate of drug-likeness (QED) is 0.468. The number of hydrogen-bond donors (Lipinski definition) is 0. The number of fused-ring (bicyclic) bond motifs is 1. The summed E-state index contributed by atoms with van der Waals surface area (Å²) in [6.45, 7) is 4.33. The van der Waals surface area contributed by atoms with E-state index in [0.717, 1.165) is 60.9 Å². The topological polar surface area (TPSA) is 87.2 Å². The normalized spacial score (nSPS) is 11.4. The van der Waals surface area contributed by atoms with Crippen LogP contribution in [0.2, 0.25) is 0 Å². The maximum Gasteiger partial charge on any atom is 0.201 e. The van der Waals surface area contributed by atoms with Gasteiger partial charge in [0.2, 0.25) is 11.6 Å². The molecule has 8 heteroatoms. The van der Waals surface area contributed by atoms with E-state index in [9.17, 15) is 0 Å². The lowest BCUT2D eigenvalue weighted by molar-refractivity contribution is 0.725. The van der Waals surface area contributed by atoms with Crippen LogP contribution in [0.3, 0.4) is 0 Å². The lowest BCUT2D eigenvalue weighted by Crippen LogP contribution is -2.10. The van der Waals surface area contributed by atoms with Gasteiger partial charge < -0.3 is 0 Å². The highest BCUT2D eigenvalue weighted by Gasteiger charge is 2.16. The lowest BCUT2D eigenvalue weighted by atomic mass is 10.2. The molecule has 3 heterocycles. The monoisotopic (exact) mass is 376 g/mol. The average molecular weight is 376 g/mol. The molecule has 4 rings (SSSR count). The van der Waals surface area contributed by atoms with Crippen molar-refractivity contribution in [3.05, 3.63) is 48.0 Å². The summed E-state index contributed by atoms with van der Waals surface area (Å²) in [4.78, 5) is 9.59. The molecule has 0 fully saturated rings. The number of hydrogen-bond acceptors (Lipinski definition) is 6. The van der Waals surface area contributed by atoms with E-state index in [1.807, 2.05) is 36.7 Å². The maximum absolute atomic E-state index is 4.80. The van der Waals surface area contributed by atoms with Gasteiger partial charge in [0.15, 0.2) is 0 Å². The molecule has 144 valence electrons. The summed E-state index contributed by atoms with van der Waals surface area (Å²) in [6, 6.07) is 7.79. The van der Waals surface area contributed by atoms with Crippen molar-refractivity contribution in [2.24, 2.45) is 0 Å². The van der Waals surface area contributed by atoms with Crippen molar-refractivity contribution in [3.63, 3.8) is 0 Å². The zero-order valence-corrected chi connectivity index (χ0v) is 16.3. The minimum absolute atomic E-state index is 0.598.